The highest BCUT2D eigenvalue weighted by Gasteiger charge is 2.18. The van der Waals surface area contributed by atoms with Gasteiger partial charge in [-0.15, -0.1) is 11.3 Å². The van der Waals surface area contributed by atoms with Crippen molar-refractivity contribution in [3.8, 4) is 29.0 Å². The number of aromatic nitrogens is 3. The SMILES string of the molecule is Cc1ncc(COc2cc(F)cc(Oc3ccc(-n4nc(C(C)C)c(N)c4C#N)cc3)c2)s1. The highest BCUT2D eigenvalue weighted by Crippen LogP contribution is 2.30. The van der Waals surface area contributed by atoms with Gasteiger partial charge in [-0.3, -0.25) is 0 Å². The Kier molecular flexibility index (Phi) is 6.29. The number of anilines is 1. The van der Waals surface area contributed by atoms with Gasteiger partial charge in [-0.2, -0.15) is 10.4 Å². The molecule has 168 valence electrons. The standard InChI is InChI=1S/C24H22FN5O2S/c1-14(2)24-23(27)22(11-26)30(29-24)17-4-6-18(7-5-17)32-20-9-16(25)8-19(10-20)31-13-21-12-28-15(3)33-21/h4-10,12,14H,13,27H2,1-3H3. The monoisotopic (exact) mass is 463 g/mol. The van der Waals surface area contributed by atoms with E-state index >= 15 is 0 Å². The van der Waals surface area contributed by atoms with Crippen molar-refractivity contribution in [3.63, 3.8) is 0 Å². The van der Waals surface area contributed by atoms with Crippen LogP contribution in [0.25, 0.3) is 5.69 Å². The molecule has 2 aromatic heterocycles. The number of hydrogen-bond donors (Lipinski definition) is 1. The van der Waals surface area contributed by atoms with Crippen LogP contribution in [0.1, 0.15) is 41.0 Å². The first-order valence-corrected chi connectivity index (χ1v) is 11.1. The van der Waals surface area contributed by atoms with Gasteiger partial charge in [-0.05, 0) is 37.1 Å². The summed E-state index contributed by atoms with van der Waals surface area (Å²) in [6.45, 7) is 6.15. The van der Waals surface area contributed by atoms with E-state index in [0.717, 1.165) is 9.88 Å². The van der Waals surface area contributed by atoms with Crippen molar-refractivity contribution in [2.75, 3.05) is 5.73 Å². The number of nitrogen functional groups attached to an aromatic ring is 1. The van der Waals surface area contributed by atoms with E-state index in [2.05, 4.69) is 16.2 Å². The Morgan fingerprint density at radius 1 is 1.15 bits per heavy atom. The lowest BCUT2D eigenvalue weighted by molar-refractivity contribution is 0.306. The number of thiazole rings is 1. The van der Waals surface area contributed by atoms with Gasteiger partial charge < -0.3 is 15.2 Å². The number of nitrogens with zero attached hydrogens (tertiary/aromatic N) is 4. The van der Waals surface area contributed by atoms with E-state index < -0.39 is 5.82 Å². The van der Waals surface area contributed by atoms with Crippen molar-refractivity contribution < 1.29 is 13.9 Å². The smallest absolute Gasteiger partial charge is 0.167 e. The zero-order valence-electron chi connectivity index (χ0n) is 18.4. The molecule has 0 saturated heterocycles. The fourth-order valence-corrected chi connectivity index (χ4v) is 3.97. The fourth-order valence-electron chi connectivity index (χ4n) is 3.27. The number of aryl methyl sites for hydroxylation is 1. The zero-order valence-corrected chi connectivity index (χ0v) is 19.2. The van der Waals surface area contributed by atoms with Crippen LogP contribution in [0.4, 0.5) is 10.1 Å². The van der Waals surface area contributed by atoms with E-state index in [-0.39, 0.29) is 11.6 Å². The second-order valence-corrected chi connectivity index (χ2v) is 9.00. The number of benzene rings is 2. The normalized spacial score (nSPS) is 10.9. The minimum absolute atomic E-state index is 0.0884. The van der Waals surface area contributed by atoms with Crippen LogP contribution < -0.4 is 15.2 Å². The summed E-state index contributed by atoms with van der Waals surface area (Å²) >= 11 is 1.53. The highest BCUT2D eigenvalue weighted by atomic mass is 32.1. The van der Waals surface area contributed by atoms with Gasteiger partial charge in [0.2, 0.25) is 0 Å². The largest absolute Gasteiger partial charge is 0.488 e. The molecule has 4 rings (SSSR count). The molecule has 0 atom stereocenters. The lowest BCUT2D eigenvalue weighted by Gasteiger charge is -2.10. The van der Waals surface area contributed by atoms with E-state index in [1.165, 1.54) is 28.2 Å². The lowest BCUT2D eigenvalue weighted by atomic mass is 10.1. The van der Waals surface area contributed by atoms with Crippen molar-refractivity contribution in [2.24, 2.45) is 0 Å². The highest BCUT2D eigenvalue weighted by molar-refractivity contribution is 7.11. The third kappa shape index (κ3) is 4.96. The Morgan fingerprint density at radius 2 is 1.88 bits per heavy atom. The molecule has 9 heteroatoms. The van der Waals surface area contributed by atoms with Gasteiger partial charge in [-0.25, -0.2) is 14.1 Å². The fraction of sp³-hybridized carbons (Fsp3) is 0.208. The van der Waals surface area contributed by atoms with Crippen molar-refractivity contribution >= 4 is 17.0 Å². The molecule has 0 aliphatic carbocycles. The average Bonchev–Trinajstić information content (AvgIpc) is 3.35. The molecule has 0 amide bonds. The van der Waals surface area contributed by atoms with Crippen molar-refractivity contribution in [3.05, 3.63) is 75.8 Å². The summed E-state index contributed by atoms with van der Waals surface area (Å²) in [6.07, 6.45) is 1.74. The molecule has 0 radical (unpaired) electrons. The van der Waals surface area contributed by atoms with Crippen LogP contribution in [0, 0.1) is 24.1 Å². The summed E-state index contributed by atoms with van der Waals surface area (Å²) < 4.78 is 27.1. The molecule has 2 aromatic carbocycles. The minimum atomic E-state index is -0.466. The first kappa shape index (κ1) is 22.3. The van der Waals surface area contributed by atoms with Crippen LogP contribution in [0.2, 0.25) is 0 Å². The predicted octanol–water partition coefficient (Wildman–Crippen LogP) is 5.72. The predicted molar refractivity (Wildman–Crippen MR) is 124 cm³/mol. The van der Waals surface area contributed by atoms with Crippen molar-refractivity contribution in [1.29, 1.82) is 5.26 Å². The van der Waals surface area contributed by atoms with Crippen LogP contribution in [0.3, 0.4) is 0 Å². The number of rotatable bonds is 7. The van der Waals surface area contributed by atoms with Crippen LogP contribution >= 0.6 is 11.3 Å². The Bertz CT molecular complexity index is 1320. The van der Waals surface area contributed by atoms with Gasteiger partial charge in [0.05, 0.1) is 27.0 Å². The second-order valence-electron chi connectivity index (χ2n) is 7.68. The molecule has 2 N–H and O–H groups in total. The third-order valence-corrected chi connectivity index (χ3v) is 5.70. The molecule has 4 aromatic rings. The maximum Gasteiger partial charge on any atom is 0.167 e. The summed E-state index contributed by atoms with van der Waals surface area (Å²) in [4.78, 5) is 5.13. The maximum absolute atomic E-state index is 14.1. The lowest BCUT2D eigenvalue weighted by Crippen LogP contribution is -2.00. The van der Waals surface area contributed by atoms with E-state index in [4.69, 9.17) is 15.2 Å². The maximum atomic E-state index is 14.1. The number of nitriles is 1. The molecule has 0 saturated carbocycles. The molecule has 0 aliphatic rings. The Morgan fingerprint density at radius 3 is 2.52 bits per heavy atom. The Hall–Kier alpha value is -3.90. The Balaban J connectivity index is 1.51. The van der Waals surface area contributed by atoms with Crippen LogP contribution in [0.5, 0.6) is 17.2 Å². The molecule has 33 heavy (non-hydrogen) atoms. The molecule has 0 fully saturated rings. The van der Waals surface area contributed by atoms with E-state index in [9.17, 15) is 9.65 Å². The summed E-state index contributed by atoms with van der Waals surface area (Å²) in [6, 6.07) is 13.3. The van der Waals surface area contributed by atoms with Gasteiger partial charge >= 0.3 is 0 Å². The molecule has 0 bridgehead atoms. The zero-order chi connectivity index (χ0) is 23.5. The topological polar surface area (TPSA) is 99.0 Å². The van der Waals surface area contributed by atoms with Crippen molar-refractivity contribution in [1.82, 2.24) is 14.8 Å². The molecule has 0 unspecified atom stereocenters. The summed E-state index contributed by atoms with van der Waals surface area (Å²) in [5.41, 5.74) is 8.11. The van der Waals surface area contributed by atoms with Gasteiger partial charge in [-0.1, -0.05) is 13.8 Å². The summed E-state index contributed by atoms with van der Waals surface area (Å²) in [5, 5.41) is 14.9. The molecular formula is C24H22FN5O2S. The first-order valence-electron chi connectivity index (χ1n) is 10.3. The van der Waals surface area contributed by atoms with E-state index in [1.54, 1.807) is 36.5 Å². The second kappa shape index (κ2) is 9.30. The summed E-state index contributed by atoms with van der Waals surface area (Å²) in [5.74, 6) is 0.786. The van der Waals surface area contributed by atoms with Gasteiger partial charge in [0.25, 0.3) is 0 Å². The van der Waals surface area contributed by atoms with Crippen LogP contribution in [-0.2, 0) is 6.61 Å². The van der Waals surface area contributed by atoms with Gasteiger partial charge in [0.15, 0.2) is 5.69 Å². The van der Waals surface area contributed by atoms with Crippen molar-refractivity contribution in [2.45, 2.75) is 33.3 Å². The quantitative estimate of drug-likeness (QED) is 0.376. The minimum Gasteiger partial charge on any atom is -0.488 e. The van der Waals surface area contributed by atoms with Gasteiger partial charge in [0.1, 0.15) is 35.7 Å². The molecule has 7 nitrogen and oxygen atoms in total. The summed E-state index contributed by atoms with van der Waals surface area (Å²) in [7, 11) is 0. The molecule has 2 heterocycles. The first-order chi connectivity index (χ1) is 15.8. The third-order valence-electron chi connectivity index (χ3n) is 4.82. The molecule has 0 aliphatic heterocycles. The van der Waals surface area contributed by atoms with E-state index in [1.807, 2.05) is 20.8 Å². The van der Waals surface area contributed by atoms with E-state index in [0.29, 0.717) is 40.9 Å². The van der Waals surface area contributed by atoms with Crippen LogP contribution in [-0.4, -0.2) is 14.8 Å². The number of halogens is 1. The van der Waals surface area contributed by atoms with Crippen LogP contribution in [0.15, 0.2) is 48.7 Å². The molecule has 0 spiro atoms. The van der Waals surface area contributed by atoms with Gasteiger partial charge in [0, 0.05) is 24.4 Å². The average molecular weight is 464 g/mol. The number of nitrogens with two attached hydrogens (primary N) is 1. The molecular weight excluding hydrogens is 441 g/mol. The number of ether oxygens (including phenoxy) is 2. The number of hydrogen-bond acceptors (Lipinski definition) is 7. The Labute approximate surface area is 194 Å².